The van der Waals surface area contributed by atoms with E-state index in [-0.39, 0.29) is 31.8 Å². The van der Waals surface area contributed by atoms with Crippen molar-refractivity contribution in [1.82, 2.24) is 4.31 Å². The molecule has 0 atom stereocenters. The minimum atomic E-state index is -4.79. The fourth-order valence-electron chi connectivity index (χ4n) is 3.58. The van der Waals surface area contributed by atoms with Gasteiger partial charge in [-0.1, -0.05) is 12.1 Å². The number of nitrogens with one attached hydrogen (secondary N) is 1. The Labute approximate surface area is 184 Å². The zero-order chi connectivity index (χ0) is 23.5. The Morgan fingerprint density at radius 1 is 1.03 bits per heavy atom. The van der Waals surface area contributed by atoms with Crippen LogP contribution in [-0.4, -0.2) is 45.9 Å². The monoisotopic (exact) mass is 472 g/mol. The van der Waals surface area contributed by atoms with E-state index in [4.69, 9.17) is 9.47 Å². The number of sulfonamides is 1. The second-order valence-corrected chi connectivity index (χ2v) is 9.14. The largest absolute Gasteiger partial charge is 0.493 e. The van der Waals surface area contributed by atoms with Crippen molar-refractivity contribution in [3.63, 3.8) is 0 Å². The van der Waals surface area contributed by atoms with Crippen LogP contribution in [0.3, 0.4) is 0 Å². The molecule has 3 rings (SSSR count). The van der Waals surface area contributed by atoms with Gasteiger partial charge in [0.15, 0.2) is 11.5 Å². The van der Waals surface area contributed by atoms with Crippen molar-refractivity contribution in [2.45, 2.75) is 23.9 Å². The quantitative estimate of drug-likeness (QED) is 0.692. The lowest BCUT2D eigenvalue weighted by Crippen LogP contribution is -2.41. The van der Waals surface area contributed by atoms with Crippen molar-refractivity contribution in [3.05, 3.63) is 48.0 Å². The molecule has 0 radical (unpaired) electrons. The molecule has 0 bridgehead atoms. The van der Waals surface area contributed by atoms with Crippen molar-refractivity contribution >= 4 is 21.6 Å². The Balaban J connectivity index is 1.68. The van der Waals surface area contributed by atoms with Crippen LogP contribution in [0.5, 0.6) is 11.5 Å². The Morgan fingerprint density at radius 2 is 1.66 bits per heavy atom. The Morgan fingerprint density at radius 3 is 2.25 bits per heavy atom. The second kappa shape index (κ2) is 9.37. The van der Waals surface area contributed by atoms with Crippen LogP contribution in [-0.2, 0) is 21.0 Å². The summed E-state index contributed by atoms with van der Waals surface area (Å²) in [7, 11) is -1.39. The van der Waals surface area contributed by atoms with Crippen LogP contribution in [0.1, 0.15) is 18.4 Å². The maximum Gasteiger partial charge on any atom is 0.417 e. The fourth-order valence-corrected chi connectivity index (χ4v) is 5.26. The lowest BCUT2D eigenvalue weighted by atomic mass is 9.97. The molecule has 0 spiro atoms. The molecule has 1 fully saturated rings. The molecule has 174 valence electrons. The van der Waals surface area contributed by atoms with Crippen LogP contribution in [0.2, 0.25) is 0 Å². The topological polar surface area (TPSA) is 84.9 Å². The van der Waals surface area contributed by atoms with Crippen molar-refractivity contribution < 1.29 is 35.9 Å². The highest BCUT2D eigenvalue weighted by Gasteiger charge is 2.40. The minimum absolute atomic E-state index is 0.0570. The second-order valence-electron chi connectivity index (χ2n) is 7.23. The lowest BCUT2D eigenvalue weighted by molar-refractivity contribution is -0.139. The van der Waals surface area contributed by atoms with Crippen molar-refractivity contribution in [1.29, 1.82) is 0 Å². The molecule has 1 aliphatic heterocycles. The molecule has 1 aliphatic rings. The third-order valence-corrected chi connectivity index (χ3v) is 7.24. The number of nitrogens with zero attached hydrogens (tertiary/aromatic N) is 1. The molecule has 0 aliphatic carbocycles. The number of carbonyl (C=O) groups excluding carboxylic acids is 1. The van der Waals surface area contributed by atoms with Crippen LogP contribution < -0.4 is 14.8 Å². The van der Waals surface area contributed by atoms with Gasteiger partial charge < -0.3 is 14.8 Å². The maximum absolute atomic E-state index is 13.3. The summed E-state index contributed by atoms with van der Waals surface area (Å²) in [6.07, 6.45) is -4.42. The van der Waals surface area contributed by atoms with E-state index in [0.29, 0.717) is 17.2 Å². The third kappa shape index (κ3) is 4.99. The van der Waals surface area contributed by atoms with E-state index in [1.54, 1.807) is 18.2 Å². The number of methoxy groups -OCH3 is 2. The van der Waals surface area contributed by atoms with Gasteiger partial charge in [0.2, 0.25) is 15.9 Å². The number of hydrogen-bond donors (Lipinski definition) is 1. The zero-order valence-electron chi connectivity index (χ0n) is 17.5. The number of amides is 1. The Bertz CT molecular complexity index is 1080. The predicted octanol–water partition coefficient (Wildman–Crippen LogP) is 3.76. The average molecular weight is 472 g/mol. The molecule has 0 aromatic heterocycles. The lowest BCUT2D eigenvalue weighted by Gasteiger charge is -2.31. The third-order valence-electron chi connectivity index (χ3n) is 5.29. The van der Waals surface area contributed by atoms with Gasteiger partial charge in [0.1, 0.15) is 0 Å². The van der Waals surface area contributed by atoms with Crippen LogP contribution >= 0.6 is 0 Å². The van der Waals surface area contributed by atoms with E-state index in [9.17, 15) is 26.4 Å². The van der Waals surface area contributed by atoms with Gasteiger partial charge in [0.05, 0.1) is 24.7 Å². The molecule has 2 aromatic carbocycles. The van der Waals surface area contributed by atoms with Gasteiger partial charge in [-0.2, -0.15) is 17.5 Å². The van der Waals surface area contributed by atoms with Crippen LogP contribution in [0.15, 0.2) is 47.4 Å². The number of hydrogen-bond acceptors (Lipinski definition) is 5. The van der Waals surface area contributed by atoms with Crippen molar-refractivity contribution in [2.75, 3.05) is 32.6 Å². The molecule has 7 nitrogen and oxygen atoms in total. The molecule has 1 N–H and O–H groups in total. The molecule has 0 saturated carbocycles. The number of halogens is 3. The number of benzene rings is 2. The number of carbonyl (C=O) groups is 1. The number of piperidine rings is 1. The van der Waals surface area contributed by atoms with E-state index in [1.165, 1.54) is 20.3 Å². The van der Waals surface area contributed by atoms with Gasteiger partial charge >= 0.3 is 6.18 Å². The van der Waals surface area contributed by atoms with E-state index in [2.05, 4.69) is 5.32 Å². The molecule has 2 aromatic rings. The average Bonchev–Trinajstić information content (AvgIpc) is 2.78. The normalized spacial score (nSPS) is 15.9. The molecule has 1 heterocycles. The number of anilines is 1. The molecular formula is C21H23F3N2O5S. The fraction of sp³-hybridized carbons (Fsp3) is 0.381. The summed E-state index contributed by atoms with van der Waals surface area (Å²) in [6.45, 7) is -0.114. The van der Waals surface area contributed by atoms with Gasteiger partial charge in [-0.05, 0) is 37.1 Å². The Kier molecular flexibility index (Phi) is 6.99. The van der Waals surface area contributed by atoms with Gasteiger partial charge in [-0.15, -0.1) is 0 Å². The number of rotatable bonds is 6. The van der Waals surface area contributed by atoms with Crippen molar-refractivity contribution in [2.24, 2.45) is 5.92 Å². The van der Waals surface area contributed by atoms with Crippen LogP contribution in [0.25, 0.3) is 0 Å². The highest BCUT2D eigenvalue weighted by Crippen LogP contribution is 2.36. The predicted molar refractivity (Wildman–Crippen MR) is 111 cm³/mol. The Hall–Kier alpha value is -2.79. The first-order valence-electron chi connectivity index (χ1n) is 9.77. The first-order chi connectivity index (χ1) is 15.1. The first kappa shape index (κ1) is 23.9. The standard InChI is InChI=1S/C21H23F3N2O5S/c1-30-17-8-7-15(13-18(17)31-2)25-20(27)14-9-11-26(12-10-14)32(28,29)19-6-4-3-5-16(19)21(22,23)24/h3-8,13-14H,9-12H2,1-2H3,(H,25,27). The maximum atomic E-state index is 13.3. The van der Waals surface area contributed by atoms with E-state index >= 15 is 0 Å². The van der Waals surface area contributed by atoms with E-state index in [1.807, 2.05) is 0 Å². The van der Waals surface area contributed by atoms with Gasteiger partial charge in [0, 0.05) is 30.8 Å². The van der Waals surface area contributed by atoms with Gasteiger partial charge in [-0.3, -0.25) is 4.79 Å². The molecular weight excluding hydrogens is 449 g/mol. The summed E-state index contributed by atoms with van der Waals surface area (Å²) >= 11 is 0. The highest BCUT2D eigenvalue weighted by atomic mass is 32.2. The smallest absolute Gasteiger partial charge is 0.417 e. The van der Waals surface area contributed by atoms with Gasteiger partial charge in [-0.25, -0.2) is 8.42 Å². The first-order valence-corrected chi connectivity index (χ1v) is 11.2. The SMILES string of the molecule is COc1ccc(NC(=O)C2CCN(S(=O)(=O)c3ccccc3C(F)(F)F)CC2)cc1OC. The molecule has 0 unspecified atom stereocenters. The van der Waals surface area contributed by atoms with Crippen LogP contribution in [0, 0.1) is 5.92 Å². The van der Waals surface area contributed by atoms with Crippen LogP contribution in [0.4, 0.5) is 18.9 Å². The van der Waals surface area contributed by atoms with E-state index < -0.39 is 32.6 Å². The number of alkyl halides is 3. The van der Waals surface area contributed by atoms with Crippen molar-refractivity contribution in [3.8, 4) is 11.5 Å². The molecule has 1 saturated heterocycles. The summed E-state index contributed by atoms with van der Waals surface area (Å²) in [4.78, 5) is 11.9. The molecule has 1 amide bonds. The van der Waals surface area contributed by atoms with Gasteiger partial charge in [0.25, 0.3) is 0 Å². The van der Waals surface area contributed by atoms with E-state index in [0.717, 1.165) is 22.5 Å². The minimum Gasteiger partial charge on any atom is -0.493 e. The zero-order valence-corrected chi connectivity index (χ0v) is 18.3. The summed E-state index contributed by atoms with van der Waals surface area (Å²) < 4.78 is 76.9. The summed E-state index contributed by atoms with van der Waals surface area (Å²) in [5, 5.41) is 2.76. The summed E-state index contributed by atoms with van der Waals surface area (Å²) in [5.41, 5.74) is -0.713. The molecule has 32 heavy (non-hydrogen) atoms. The summed E-state index contributed by atoms with van der Waals surface area (Å²) in [5.74, 6) is 0.162. The highest BCUT2D eigenvalue weighted by molar-refractivity contribution is 7.89. The molecule has 11 heteroatoms. The number of ether oxygens (including phenoxy) is 2. The summed E-state index contributed by atoms with van der Waals surface area (Å²) in [6, 6.07) is 8.99.